The number of hydrogen-bond donors (Lipinski definition) is 11. The number of aliphatic hydroxyl groups excluding tert-OH is 6. The summed E-state index contributed by atoms with van der Waals surface area (Å²) < 4.78 is 17.6. The molecule has 0 spiro atoms. The van der Waals surface area contributed by atoms with Crippen LogP contribution in [0.2, 0.25) is 0 Å². The molecule has 0 unspecified atom stereocenters. The number of amides is 5. The number of nitrogens with one attached hydrogen (secondary N) is 5. The van der Waals surface area contributed by atoms with Crippen molar-refractivity contribution in [2.45, 2.75) is 151 Å². The fourth-order valence-electron chi connectivity index (χ4n) is 11.0. The van der Waals surface area contributed by atoms with E-state index in [1.54, 1.807) is 66.6 Å². The maximum absolute atomic E-state index is 13.0. The van der Waals surface area contributed by atoms with E-state index in [9.17, 15) is 74.1 Å². The van der Waals surface area contributed by atoms with Gasteiger partial charge in [-0.3, -0.25) is 28.8 Å². The smallest absolute Gasteiger partial charge is 0.870 e. The molecule has 12 atom stereocenters. The zero-order valence-electron chi connectivity index (χ0n) is 53.7. The number of thioether (sulfide) groups is 2. The third-order valence-corrected chi connectivity index (χ3v) is 18.1. The molecule has 504 valence electrons. The van der Waals surface area contributed by atoms with E-state index in [1.807, 2.05) is 60.7 Å². The minimum atomic E-state index is -2.15. The number of rotatable bonds is 38. The van der Waals surface area contributed by atoms with E-state index < -0.39 is 134 Å². The average molecular weight is 1360 g/mol. The summed E-state index contributed by atoms with van der Waals surface area (Å²) in [5.41, 5.74) is 2.25. The molecule has 0 bridgehead atoms. The third kappa shape index (κ3) is 26.3. The van der Waals surface area contributed by atoms with Gasteiger partial charge in [0.1, 0.15) is 23.6 Å². The summed E-state index contributed by atoms with van der Waals surface area (Å²) in [5, 5.41) is 92.7. The molecular formula is C66H86N5Na2O19S2-. The molecular weight excluding hydrogens is 1280 g/mol. The molecule has 12 N–H and O–H groups in total. The first-order chi connectivity index (χ1) is 43.6. The Balaban J connectivity index is 0.00000768. The van der Waals surface area contributed by atoms with Gasteiger partial charge in [-0.05, 0) is 102 Å². The van der Waals surface area contributed by atoms with E-state index in [2.05, 4.69) is 26.6 Å². The zero-order chi connectivity index (χ0) is 65.9. The van der Waals surface area contributed by atoms with E-state index in [0.29, 0.717) is 85.6 Å². The predicted molar refractivity (Wildman–Crippen MR) is 341 cm³/mol. The molecule has 2 aliphatic rings. The van der Waals surface area contributed by atoms with Crippen LogP contribution in [0.5, 0.6) is 0 Å². The van der Waals surface area contributed by atoms with E-state index >= 15 is 0 Å². The molecule has 4 aromatic carbocycles. The number of benzene rings is 4. The number of aliphatic hydroxyl groups is 6. The number of carboxylic acid groups (broad SMARTS) is 1. The van der Waals surface area contributed by atoms with Gasteiger partial charge >= 0.3 is 59.1 Å². The van der Waals surface area contributed by atoms with Gasteiger partial charge in [0.25, 0.3) is 11.8 Å². The monoisotopic (exact) mass is 1360 g/mol. The Morgan fingerprint density at radius 3 is 1.56 bits per heavy atom. The van der Waals surface area contributed by atoms with Crippen LogP contribution >= 0.6 is 23.5 Å². The Kier molecular flexibility index (Phi) is 38.1. The molecule has 1 saturated carbocycles. The summed E-state index contributed by atoms with van der Waals surface area (Å²) in [6, 6.07) is 30.3. The molecule has 6 rings (SSSR count). The van der Waals surface area contributed by atoms with Crippen molar-refractivity contribution in [1.29, 1.82) is 0 Å². The Hall–Kier alpha value is -4.66. The number of carbonyl (C=O) groups is 7. The number of carbonyl (C=O) groups excluding carboxylic acids is 8. The van der Waals surface area contributed by atoms with E-state index in [4.69, 9.17) is 14.2 Å². The molecule has 0 radical (unpaired) electrons. The molecule has 2 fully saturated rings. The quantitative estimate of drug-likeness (QED) is 0.0116. The molecule has 4 aromatic rings. The third-order valence-electron chi connectivity index (χ3n) is 15.8. The number of Topliss-reactive ketones (excluding diaryl/α,β-unsaturated/α-hetero) is 1. The van der Waals surface area contributed by atoms with Crippen LogP contribution in [-0.2, 0) is 43.0 Å². The largest absolute Gasteiger partial charge is 1.00 e. The maximum Gasteiger partial charge on any atom is 1.00 e. The molecule has 5 amide bonds. The summed E-state index contributed by atoms with van der Waals surface area (Å²) in [4.78, 5) is 100. The van der Waals surface area contributed by atoms with Crippen molar-refractivity contribution in [2.24, 2.45) is 5.92 Å². The van der Waals surface area contributed by atoms with Gasteiger partial charge in [0.2, 0.25) is 17.7 Å². The van der Waals surface area contributed by atoms with Crippen LogP contribution in [0.3, 0.4) is 0 Å². The SMILES string of the molecule is CC(=O)N[C@H]1[C@H]([C@H](O)[C@H](O)CNC(=O)c2ccc(-c3ccccc3)cc2)C[C@@](OCCCSCCCC(=O)CCCCC(=O)NCCSCCCO[C@]2([C-]=O)C[C@H](O)[C@@H](NC(C)=O)[C@H]([C@H](O)[C@H](O)CNC(=O)c3ccc(-c4ccccc4)cc3)O2)(C(=O)[O-])C[C@@H]1O.[Na+].[Na+].[OH-]. The topological polar surface area (TPSA) is 399 Å². The first-order valence-electron chi connectivity index (χ1n) is 30.6. The van der Waals surface area contributed by atoms with Crippen LogP contribution in [0, 0.1) is 5.92 Å². The van der Waals surface area contributed by atoms with Crippen molar-refractivity contribution in [1.82, 2.24) is 26.6 Å². The van der Waals surface area contributed by atoms with E-state index in [1.165, 1.54) is 25.6 Å². The van der Waals surface area contributed by atoms with Crippen LogP contribution in [-0.4, -0.2) is 206 Å². The molecule has 1 aliphatic carbocycles. The Bertz CT molecular complexity index is 2990. The van der Waals surface area contributed by atoms with E-state index in [-0.39, 0.29) is 95.9 Å². The van der Waals surface area contributed by atoms with Crippen LogP contribution in [0.15, 0.2) is 109 Å². The number of aliphatic carboxylic acids is 1. The average Bonchev–Trinajstić information content (AvgIpc) is 0.800. The standard InChI is InChI=1S/C66H86N5O18S2.2Na.H2O/c1-42(73)70-57-51(59(81)54(78)39-68-62(83)48-25-21-46(22-26-48)44-14-5-3-6-15-44)36-65(64(85)86,37-52(57)76)87-30-12-33-90-32-11-19-50(75)18-9-10-20-56(80)67-29-35-91-34-13-31-88-66(41-72)38-53(77)58(71-43(2)74)61(89-66)60(82)55(79)40-69-63(84)49-27-23-47(24-28-49)45-16-7-4-8-17-45;;;/h3-8,14-17,21-28,51-55,57-61,76-79,81-82H,9-13,18-20,29-40H2,1-2H3,(H,67,80)(H,68,83)(H,69,84)(H,70,73)(H,71,74)(H,85,86);;;1H2/q-1;2*+1;/p-2/t51-,52+,53+,54-,55-,57+,58-,59+,60-,61-,65+,66-;;;/m1.../s1. The summed E-state index contributed by atoms with van der Waals surface area (Å²) in [5.74, 6) is -4.94. The molecule has 0 aromatic heterocycles. The predicted octanol–water partition coefficient (Wildman–Crippen LogP) is -4.01. The second-order valence-electron chi connectivity index (χ2n) is 22.8. The summed E-state index contributed by atoms with van der Waals surface area (Å²) >= 11 is 3.06. The summed E-state index contributed by atoms with van der Waals surface area (Å²) in [6.07, 6.45) is -7.54. The van der Waals surface area contributed by atoms with Crippen LogP contribution < -0.4 is 90.8 Å². The summed E-state index contributed by atoms with van der Waals surface area (Å²) in [7, 11) is 0. The van der Waals surface area contributed by atoms with Crippen LogP contribution in [0.4, 0.5) is 0 Å². The van der Waals surface area contributed by atoms with Crippen molar-refractivity contribution >= 4 is 71.1 Å². The van der Waals surface area contributed by atoms with Gasteiger partial charge in [-0.2, -0.15) is 23.5 Å². The van der Waals surface area contributed by atoms with Gasteiger partial charge in [-0.15, -0.1) is 0 Å². The fraction of sp³-hybridized carbons (Fsp3) is 0.515. The van der Waals surface area contributed by atoms with E-state index in [0.717, 1.165) is 22.3 Å². The number of ether oxygens (including phenoxy) is 3. The molecule has 24 nitrogen and oxygen atoms in total. The normalized spacial score (nSPS) is 22.0. The second kappa shape index (κ2) is 42.9. The second-order valence-corrected chi connectivity index (χ2v) is 25.3. The molecule has 94 heavy (non-hydrogen) atoms. The van der Waals surface area contributed by atoms with Crippen molar-refractivity contribution in [3.8, 4) is 22.3 Å². The number of unbranched alkanes of at least 4 members (excludes halogenated alkanes) is 1. The minimum absolute atomic E-state index is 0. The molecule has 1 saturated heterocycles. The number of hydrogen-bond acceptors (Lipinski definition) is 21. The Morgan fingerprint density at radius 1 is 0.585 bits per heavy atom. The van der Waals surface area contributed by atoms with Gasteiger partial charge < -0.3 is 91.6 Å². The summed E-state index contributed by atoms with van der Waals surface area (Å²) in [6.45, 7) is 1.83. The van der Waals surface area contributed by atoms with Gasteiger partial charge in [-0.25, -0.2) is 6.29 Å². The van der Waals surface area contributed by atoms with Gasteiger partial charge in [0.15, 0.2) is 0 Å². The fourth-order valence-corrected chi connectivity index (χ4v) is 12.7. The van der Waals surface area contributed by atoms with Gasteiger partial charge in [-0.1, -0.05) is 84.9 Å². The van der Waals surface area contributed by atoms with Crippen molar-refractivity contribution in [3.05, 3.63) is 120 Å². The Labute approximate surface area is 600 Å². The molecule has 28 heteroatoms. The first kappa shape index (κ1) is 83.6. The maximum atomic E-state index is 13.0. The van der Waals surface area contributed by atoms with Gasteiger partial charge in [0.05, 0.1) is 54.4 Å². The van der Waals surface area contributed by atoms with Crippen molar-refractivity contribution in [2.75, 3.05) is 55.9 Å². The zero-order valence-corrected chi connectivity index (χ0v) is 59.3. The first-order valence-corrected chi connectivity index (χ1v) is 33.0. The van der Waals surface area contributed by atoms with Crippen molar-refractivity contribution in [3.63, 3.8) is 0 Å². The number of ketones is 1. The minimum Gasteiger partial charge on any atom is -0.870 e. The van der Waals surface area contributed by atoms with Crippen LogP contribution in [0.25, 0.3) is 22.3 Å². The van der Waals surface area contributed by atoms with Crippen LogP contribution in [0.1, 0.15) is 105 Å². The molecule has 1 aliphatic heterocycles. The number of carboxylic acids is 1. The Morgan fingerprint density at radius 2 is 1.04 bits per heavy atom. The molecule has 1 heterocycles. The van der Waals surface area contributed by atoms with Crippen molar-refractivity contribution < 1.29 is 153 Å². The van der Waals surface area contributed by atoms with Gasteiger partial charge in [0, 0.05) is 102 Å².